The maximum Gasteiger partial charge on any atom is 0.0580 e. The molecule has 0 fully saturated rings. The van der Waals surface area contributed by atoms with Gasteiger partial charge in [-0.2, -0.15) is 5.10 Å². The molecule has 0 unspecified atom stereocenters. The van der Waals surface area contributed by atoms with Gasteiger partial charge in [0, 0.05) is 27.7 Å². The third-order valence-electron chi connectivity index (χ3n) is 3.11. The van der Waals surface area contributed by atoms with Gasteiger partial charge in [0.25, 0.3) is 0 Å². The van der Waals surface area contributed by atoms with Gasteiger partial charge in [0.2, 0.25) is 0 Å². The molecule has 1 heterocycles. The minimum absolute atomic E-state index is 0.677. The van der Waals surface area contributed by atoms with E-state index in [0.29, 0.717) is 6.54 Å². The second-order valence-electron chi connectivity index (χ2n) is 4.51. The molecular weight excluding hydrogens is 270 g/mol. The first-order chi connectivity index (χ1) is 9.83. The molecule has 2 aromatic carbocycles. The average Bonchev–Trinajstić information content (AvgIpc) is 2.89. The number of hydrazone groups is 1. The number of H-pyrrole nitrogens is 1. The molecular formula is C16H14ClN3. The van der Waals surface area contributed by atoms with E-state index in [1.165, 1.54) is 5.39 Å². The lowest BCUT2D eigenvalue weighted by Crippen LogP contribution is -2.05. The van der Waals surface area contributed by atoms with Gasteiger partial charge in [-0.25, -0.2) is 0 Å². The lowest BCUT2D eigenvalue weighted by molar-refractivity contribution is 0.748. The fourth-order valence-electron chi connectivity index (χ4n) is 2.06. The predicted octanol–water partition coefficient (Wildman–Crippen LogP) is 3.95. The van der Waals surface area contributed by atoms with Crippen LogP contribution in [0.15, 0.2) is 59.8 Å². The topological polar surface area (TPSA) is 40.2 Å². The minimum atomic E-state index is 0.677. The van der Waals surface area contributed by atoms with Crippen LogP contribution in [0.4, 0.5) is 0 Å². The molecule has 3 aromatic rings. The van der Waals surface area contributed by atoms with Crippen molar-refractivity contribution in [3.05, 3.63) is 70.9 Å². The van der Waals surface area contributed by atoms with E-state index in [1.54, 1.807) is 0 Å². The molecule has 0 saturated carbocycles. The SMILES string of the molecule is Clc1ccc(CN/N=C\c2c[nH]c3ccccc23)cc1. The fraction of sp³-hybridized carbons (Fsp3) is 0.0625. The Balaban J connectivity index is 1.64. The first-order valence-corrected chi connectivity index (χ1v) is 6.77. The minimum Gasteiger partial charge on any atom is -0.361 e. The van der Waals surface area contributed by atoms with E-state index in [-0.39, 0.29) is 0 Å². The van der Waals surface area contributed by atoms with Crippen molar-refractivity contribution in [3.63, 3.8) is 0 Å². The highest BCUT2D eigenvalue weighted by molar-refractivity contribution is 6.30. The van der Waals surface area contributed by atoms with Gasteiger partial charge in [0.1, 0.15) is 0 Å². The average molecular weight is 284 g/mol. The van der Waals surface area contributed by atoms with Crippen LogP contribution >= 0.6 is 11.6 Å². The van der Waals surface area contributed by atoms with Gasteiger partial charge in [-0.3, -0.25) is 0 Å². The number of rotatable bonds is 4. The Morgan fingerprint density at radius 2 is 1.90 bits per heavy atom. The van der Waals surface area contributed by atoms with Crippen LogP contribution in [0.3, 0.4) is 0 Å². The molecule has 2 N–H and O–H groups in total. The van der Waals surface area contributed by atoms with Crippen LogP contribution in [-0.4, -0.2) is 11.2 Å². The maximum absolute atomic E-state index is 5.84. The predicted molar refractivity (Wildman–Crippen MR) is 84.2 cm³/mol. The Bertz CT molecular complexity index is 729. The second-order valence-corrected chi connectivity index (χ2v) is 4.95. The standard InChI is InChI=1S/C16H14ClN3/c17-14-7-5-12(6-8-14)9-19-20-11-13-10-18-16-4-2-1-3-15(13)16/h1-8,10-11,18-19H,9H2/b20-11-. The number of hydrogen-bond acceptors (Lipinski definition) is 2. The van der Waals surface area contributed by atoms with Crippen molar-refractivity contribution in [2.24, 2.45) is 5.10 Å². The molecule has 100 valence electrons. The largest absolute Gasteiger partial charge is 0.361 e. The molecule has 3 rings (SSSR count). The molecule has 0 saturated heterocycles. The Morgan fingerprint density at radius 3 is 2.75 bits per heavy atom. The molecule has 0 aliphatic rings. The molecule has 4 heteroatoms. The first kappa shape index (κ1) is 12.8. The van der Waals surface area contributed by atoms with Crippen LogP contribution in [0, 0.1) is 0 Å². The smallest absolute Gasteiger partial charge is 0.0580 e. The Labute approximate surface area is 122 Å². The van der Waals surface area contributed by atoms with E-state index in [2.05, 4.69) is 21.6 Å². The summed E-state index contributed by atoms with van der Waals surface area (Å²) in [7, 11) is 0. The lowest BCUT2D eigenvalue weighted by atomic mass is 10.2. The van der Waals surface area contributed by atoms with Crippen LogP contribution < -0.4 is 5.43 Å². The zero-order valence-electron chi connectivity index (χ0n) is 10.8. The summed E-state index contributed by atoms with van der Waals surface area (Å²) < 4.78 is 0. The number of para-hydroxylation sites is 1. The van der Waals surface area contributed by atoms with Gasteiger partial charge >= 0.3 is 0 Å². The third-order valence-corrected chi connectivity index (χ3v) is 3.36. The number of aromatic amines is 1. The highest BCUT2D eigenvalue weighted by atomic mass is 35.5. The molecule has 20 heavy (non-hydrogen) atoms. The molecule has 1 aromatic heterocycles. The number of nitrogens with one attached hydrogen (secondary N) is 2. The van der Waals surface area contributed by atoms with E-state index in [0.717, 1.165) is 21.7 Å². The van der Waals surface area contributed by atoms with Gasteiger partial charge in [0.05, 0.1) is 12.8 Å². The summed E-state index contributed by atoms with van der Waals surface area (Å²) in [6, 6.07) is 15.9. The summed E-state index contributed by atoms with van der Waals surface area (Å²) >= 11 is 5.84. The monoisotopic (exact) mass is 283 g/mol. The van der Waals surface area contributed by atoms with Crippen molar-refractivity contribution in [2.75, 3.05) is 0 Å². The highest BCUT2D eigenvalue weighted by Gasteiger charge is 1.99. The summed E-state index contributed by atoms with van der Waals surface area (Å²) in [6.45, 7) is 0.677. The van der Waals surface area contributed by atoms with Gasteiger partial charge < -0.3 is 10.4 Å². The first-order valence-electron chi connectivity index (χ1n) is 6.39. The van der Waals surface area contributed by atoms with Crippen molar-refractivity contribution in [1.82, 2.24) is 10.4 Å². The highest BCUT2D eigenvalue weighted by Crippen LogP contribution is 2.15. The van der Waals surface area contributed by atoms with E-state index in [9.17, 15) is 0 Å². The normalized spacial score (nSPS) is 11.2. The summed E-state index contributed by atoms with van der Waals surface area (Å²) in [5.41, 5.74) is 6.37. The molecule has 0 bridgehead atoms. The van der Waals surface area contributed by atoms with Crippen LogP contribution in [-0.2, 0) is 6.54 Å². The molecule has 0 amide bonds. The molecule has 0 aliphatic heterocycles. The molecule has 0 radical (unpaired) electrons. The lowest BCUT2D eigenvalue weighted by Gasteiger charge is -2.00. The quantitative estimate of drug-likeness (QED) is 0.552. The van der Waals surface area contributed by atoms with Gasteiger partial charge in [-0.15, -0.1) is 0 Å². The van der Waals surface area contributed by atoms with Crippen molar-refractivity contribution in [2.45, 2.75) is 6.54 Å². The number of nitrogens with zero attached hydrogens (tertiary/aromatic N) is 1. The van der Waals surface area contributed by atoms with Gasteiger partial charge in [0.15, 0.2) is 0 Å². The van der Waals surface area contributed by atoms with Crippen LogP contribution in [0.1, 0.15) is 11.1 Å². The summed E-state index contributed by atoms with van der Waals surface area (Å²) in [5.74, 6) is 0. The van der Waals surface area contributed by atoms with Gasteiger partial charge in [-0.1, -0.05) is 41.9 Å². The Hall–Kier alpha value is -2.26. The molecule has 0 atom stereocenters. The zero-order valence-corrected chi connectivity index (χ0v) is 11.6. The summed E-state index contributed by atoms with van der Waals surface area (Å²) in [4.78, 5) is 3.22. The molecule has 3 nitrogen and oxygen atoms in total. The van der Waals surface area contributed by atoms with Crippen LogP contribution in [0.2, 0.25) is 5.02 Å². The number of benzene rings is 2. The number of aromatic nitrogens is 1. The second kappa shape index (κ2) is 5.80. The number of halogens is 1. The summed E-state index contributed by atoms with van der Waals surface area (Å²) in [5, 5.41) is 6.17. The van der Waals surface area contributed by atoms with Crippen LogP contribution in [0.25, 0.3) is 10.9 Å². The Kier molecular flexibility index (Phi) is 3.70. The van der Waals surface area contributed by atoms with E-state index >= 15 is 0 Å². The van der Waals surface area contributed by atoms with Crippen molar-refractivity contribution >= 4 is 28.7 Å². The summed E-state index contributed by atoms with van der Waals surface area (Å²) in [6.07, 6.45) is 3.78. The molecule has 0 aliphatic carbocycles. The number of fused-ring (bicyclic) bond motifs is 1. The zero-order chi connectivity index (χ0) is 13.8. The maximum atomic E-state index is 5.84. The van der Waals surface area contributed by atoms with Crippen molar-refractivity contribution in [3.8, 4) is 0 Å². The fourth-order valence-corrected chi connectivity index (χ4v) is 2.18. The van der Waals surface area contributed by atoms with E-state index < -0.39 is 0 Å². The Morgan fingerprint density at radius 1 is 1.10 bits per heavy atom. The van der Waals surface area contributed by atoms with Crippen LogP contribution in [0.5, 0.6) is 0 Å². The molecule has 0 spiro atoms. The van der Waals surface area contributed by atoms with Gasteiger partial charge in [-0.05, 0) is 23.8 Å². The third kappa shape index (κ3) is 2.83. The van der Waals surface area contributed by atoms with Crippen molar-refractivity contribution in [1.29, 1.82) is 0 Å². The number of hydrogen-bond donors (Lipinski definition) is 2. The van der Waals surface area contributed by atoms with E-state index in [4.69, 9.17) is 11.6 Å². The van der Waals surface area contributed by atoms with Crippen molar-refractivity contribution < 1.29 is 0 Å². The van der Waals surface area contributed by atoms with E-state index in [1.807, 2.05) is 54.9 Å².